The molecule has 2 atom stereocenters. The Kier molecular flexibility index (Phi) is 8.03. The summed E-state index contributed by atoms with van der Waals surface area (Å²) in [5.74, 6) is 0.0978. The third-order valence-corrected chi connectivity index (χ3v) is 15.1. The van der Waals surface area contributed by atoms with Crippen molar-refractivity contribution in [3.05, 3.63) is 161 Å². The van der Waals surface area contributed by atoms with Crippen molar-refractivity contribution < 1.29 is 4.43 Å². The van der Waals surface area contributed by atoms with Gasteiger partial charge in [0.1, 0.15) is 5.54 Å². The van der Waals surface area contributed by atoms with Gasteiger partial charge in [0.05, 0.1) is 18.1 Å². The summed E-state index contributed by atoms with van der Waals surface area (Å²) in [5.41, 5.74) is 8.27. The zero-order valence-electron chi connectivity index (χ0n) is 28.2. The van der Waals surface area contributed by atoms with Crippen molar-refractivity contribution >= 4 is 8.32 Å². The molecule has 1 aliphatic rings. The van der Waals surface area contributed by atoms with E-state index in [1.54, 1.807) is 0 Å². The highest BCUT2D eigenvalue weighted by Crippen LogP contribution is 2.52. The molecule has 45 heavy (non-hydrogen) atoms. The van der Waals surface area contributed by atoms with Crippen LogP contribution < -0.4 is 0 Å². The van der Waals surface area contributed by atoms with Gasteiger partial charge in [-0.05, 0) is 63.3 Å². The van der Waals surface area contributed by atoms with Gasteiger partial charge >= 0.3 is 0 Å². The first kappa shape index (κ1) is 31.3. The molecule has 0 spiro atoms. The van der Waals surface area contributed by atoms with Crippen molar-refractivity contribution in [2.24, 2.45) is 0 Å². The van der Waals surface area contributed by atoms with E-state index in [0.29, 0.717) is 0 Å². The molecule has 4 aromatic carbocycles. The van der Waals surface area contributed by atoms with Crippen LogP contribution >= 0.6 is 0 Å². The molecule has 1 aromatic heterocycles. The highest BCUT2D eigenvalue weighted by atomic mass is 28.4. The number of imidazole rings is 1. The zero-order valence-corrected chi connectivity index (χ0v) is 29.2. The second-order valence-electron chi connectivity index (χ2n) is 15.0. The minimum absolute atomic E-state index is 0.0561. The van der Waals surface area contributed by atoms with Crippen LogP contribution in [0.5, 0.6) is 0 Å². The number of rotatable bonds is 8. The molecule has 0 N–H and O–H groups in total. The third-order valence-electron chi connectivity index (χ3n) is 10.6. The molecule has 0 radical (unpaired) electrons. The van der Waals surface area contributed by atoms with Gasteiger partial charge in [-0.3, -0.25) is 0 Å². The van der Waals surface area contributed by atoms with Crippen LogP contribution in [-0.4, -0.2) is 17.9 Å². The van der Waals surface area contributed by atoms with E-state index in [1.807, 2.05) is 6.33 Å². The van der Waals surface area contributed by atoms with Gasteiger partial charge in [0, 0.05) is 12.1 Å². The van der Waals surface area contributed by atoms with Crippen molar-refractivity contribution in [1.29, 1.82) is 0 Å². The lowest BCUT2D eigenvalue weighted by Crippen LogP contribution is -2.41. The molecule has 4 heteroatoms. The summed E-state index contributed by atoms with van der Waals surface area (Å²) >= 11 is 0. The number of aromatic nitrogens is 2. The molecule has 3 nitrogen and oxygen atoms in total. The van der Waals surface area contributed by atoms with Crippen molar-refractivity contribution in [2.45, 2.75) is 89.1 Å². The Hall–Kier alpha value is -3.73. The lowest BCUT2D eigenvalue weighted by Gasteiger charge is -2.39. The van der Waals surface area contributed by atoms with Gasteiger partial charge in [-0.1, -0.05) is 151 Å². The molecule has 1 aliphatic carbocycles. The minimum atomic E-state index is -1.99. The van der Waals surface area contributed by atoms with Gasteiger partial charge in [-0.2, -0.15) is 0 Å². The van der Waals surface area contributed by atoms with Gasteiger partial charge in [-0.25, -0.2) is 4.98 Å². The molecule has 6 rings (SSSR count). The highest BCUT2D eigenvalue weighted by Gasteiger charge is 2.46. The minimum Gasteiger partial charge on any atom is -0.410 e. The first-order chi connectivity index (χ1) is 21.4. The number of benzene rings is 4. The van der Waals surface area contributed by atoms with E-state index in [4.69, 9.17) is 9.41 Å². The summed E-state index contributed by atoms with van der Waals surface area (Å²) in [4.78, 5) is 5.17. The summed E-state index contributed by atoms with van der Waals surface area (Å²) in [6.07, 6.45) is 5.41. The van der Waals surface area contributed by atoms with Gasteiger partial charge in [-0.15, -0.1) is 0 Å². The summed E-state index contributed by atoms with van der Waals surface area (Å²) in [6, 6.07) is 39.3. The predicted molar refractivity (Wildman–Crippen MR) is 189 cm³/mol. The molecule has 0 fully saturated rings. The molecule has 0 saturated heterocycles. The maximum absolute atomic E-state index is 7.20. The second kappa shape index (κ2) is 11.6. The molecule has 232 valence electrons. The number of fused-ring (bicyclic) bond motifs is 1. The van der Waals surface area contributed by atoms with Crippen molar-refractivity contribution in [3.63, 3.8) is 0 Å². The average molecular weight is 613 g/mol. The van der Waals surface area contributed by atoms with E-state index in [-0.39, 0.29) is 22.5 Å². The largest absolute Gasteiger partial charge is 0.410 e. The zero-order chi connectivity index (χ0) is 32.0. The normalized spacial score (nSPS) is 17.2. The molecular formula is C41H48N2OSi. The van der Waals surface area contributed by atoms with Crippen LogP contribution in [0.25, 0.3) is 0 Å². The summed E-state index contributed by atoms with van der Waals surface area (Å²) in [7, 11) is -1.99. The van der Waals surface area contributed by atoms with Gasteiger partial charge < -0.3 is 8.99 Å². The van der Waals surface area contributed by atoms with Crippen molar-refractivity contribution in [1.82, 2.24) is 9.55 Å². The summed E-state index contributed by atoms with van der Waals surface area (Å²) in [6.45, 7) is 18.8. The molecule has 1 heterocycles. The van der Waals surface area contributed by atoms with E-state index in [0.717, 1.165) is 12.1 Å². The van der Waals surface area contributed by atoms with Crippen molar-refractivity contribution in [3.8, 4) is 0 Å². The fourth-order valence-electron chi connectivity index (χ4n) is 7.11. The van der Waals surface area contributed by atoms with Crippen LogP contribution in [0.3, 0.4) is 0 Å². The van der Waals surface area contributed by atoms with Crippen LogP contribution in [0.15, 0.2) is 122 Å². The van der Waals surface area contributed by atoms with Gasteiger partial charge in [0.15, 0.2) is 8.32 Å². The van der Waals surface area contributed by atoms with E-state index in [1.165, 1.54) is 33.4 Å². The van der Waals surface area contributed by atoms with Gasteiger partial charge in [0.2, 0.25) is 0 Å². The number of hydrogen-bond donors (Lipinski definition) is 0. The Balaban J connectivity index is 1.49. The fourth-order valence-corrected chi connectivity index (χ4v) is 8.37. The topological polar surface area (TPSA) is 27.1 Å². The Morgan fingerprint density at radius 2 is 1.29 bits per heavy atom. The van der Waals surface area contributed by atoms with Crippen LogP contribution in [0.1, 0.15) is 99.1 Å². The van der Waals surface area contributed by atoms with Crippen LogP contribution in [-0.2, 0) is 15.4 Å². The molecule has 2 unspecified atom stereocenters. The second-order valence-corrected chi connectivity index (χ2v) is 19.8. The third kappa shape index (κ3) is 5.42. The number of nitrogens with zero attached hydrogens (tertiary/aromatic N) is 2. The van der Waals surface area contributed by atoms with E-state index >= 15 is 0 Å². The van der Waals surface area contributed by atoms with Crippen molar-refractivity contribution in [2.75, 3.05) is 0 Å². The first-order valence-corrected chi connectivity index (χ1v) is 19.3. The molecule has 5 aromatic rings. The smallest absolute Gasteiger partial charge is 0.192 e. The van der Waals surface area contributed by atoms with Crippen LogP contribution in [0, 0.1) is 0 Å². The van der Waals surface area contributed by atoms with E-state index in [9.17, 15) is 0 Å². The lowest BCUT2D eigenvalue weighted by molar-refractivity contribution is 0.167. The molecule has 0 bridgehead atoms. The summed E-state index contributed by atoms with van der Waals surface area (Å²) < 4.78 is 9.53. The Bertz CT molecular complexity index is 1650. The summed E-state index contributed by atoms with van der Waals surface area (Å²) in [5, 5.41) is 0.148. The fraction of sp³-hybridized carbons (Fsp3) is 0.341. The standard InChI is InChI=1S/C41H48N2OSi/c1-30(34-25-18-26-35-38(34)37(27-40(35,5)6)44-45(7,8)39(2,3)4)36-28-43(29-42-36)41(31-19-12-9-13-20-31,32-21-14-10-15-22-32)33-23-16-11-17-24-33/h9-26,28-30,37H,27H2,1-8H3. The molecule has 0 aliphatic heterocycles. The van der Waals surface area contributed by atoms with E-state index in [2.05, 4.69) is 175 Å². The monoisotopic (exact) mass is 612 g/mol. The molecule has 0 amide bonds. The maximum Gasteiger partial charge on any atom is 0.192 e. The van der Waals surface area contributed by atoms with Crippen LogP contribution in [0.4, 0.5) is 0 Å². The SMILES string of the molecule is CC(c1cn(C(c2ccccc2)(c2ccccc2)c2ccccc2)cn1)c1cccc2c1C(O[Si](C)(C)C(C)(C)C)CC2(C)C. The van der Waals surface area contributed by atoms with E-state index < -0.39 is 13.9 Å². The predicted octanol–water partition coefficient (Wildman–Crippen LogP) is 10.6. The maximum atomic E-state index is 7.20. The number of hydrogen-bond acceptors (Lipinski definition) is 2. The Labute approximate surface area is 271 Å². The first-order valence-electron chi connectivity index (χ1n) is 16.4. The van der Waals surface area contributed by atoms with Crippen LogP contribution in [0.2, 0.25) is 18.1 Å². The van der Waals surface area contributed by atoms with Gasteiger partial charge in [0.25, 0.3) is 0 Å². The molecular weight excluding hydrogens is 565 g/mol. The quantitative estimate of drug-likeness (QED) is 0.129. The Morgan fingerprint density at radius 1 is 0.778 bits per heavy atom. The highest BCUT2D eigenvalue weighted by molar-refractivity contribution is 6.74. The molecule has 0 saturated carbocycles. The average Bonchev–Trinajstić information content (AvgIpc) is 3.61. The lowest BCUT2D eigenvalue weighted by atomic mass is 9.76. The Morgan fingerprint density at radius 3 is 1.78 bits per heavy atom.